The van der Waals surface area contributed by atoms with Crippen molar-refractivity contribution >= 4 is 34.4 Å². The molecule has 10 heteroatoms. The summed E-state index contributed by atoms with van der Waals surface area (Å²) >= 11 is 0. The number of nitrogens with two attached hydrogens (primary N) is 1. The third-order valence-electron chi connectivity index (χ3n) is 5.20. The van der Waals surface area contributed by atoms with Crippen LogP contribution in [0.25, 0.3) is 22.3 Å². The Hall–Kier alpha value is -4.05. The van der Waals surface area contributed by atoms with E-state index in [9.17, 15) is 4.79 Å². The van der Waals surface area contributed by atoms with Crippen LogP contribution in [0.4, 0.5) is 17.6 Å². The lowest BCUT2D eigenvalue weighted by molar-refractivity contribution is -0.117. The number of amides is 1. The first-order valence-electron chi connectivity index (χ1n) is 10.3. The van der Waals surface area contributed by atoms with Gasteiger partial charge in [0.25, 0.3) is 0 Å². The Labute approximate surface area is 183 Å². The van der Waals surface area contributed by atoms with Crippen molar-refractivity contribution in [3.05, 3.63) is 54.2 Å². The first kappa shape index (κ1) is 19.9. The van der Waals surface area contributed by atoms with Gasteiger partial charge in [0.15, 0.2) is 5.82 Å². The number of carbonyl (C=O) groups is 1. The minimum Gasteiger partial charge on any atom is -0.378 e. The van der Waals surface area contributed by atoms with Crippen molar-refractivity contribution in [3.63, 3.8) is 0 Å². The molecule has 0 atom stereocenters. The van der Waals surface area contributed by atoms with E-state index in [-0.39, 0.29) is 12.3 Å². The Balaban J connectivity index is 1.55. The van der Waals surface area contributed by atoms with Crippen LogP contribution in [-0.4, -0.2) is 57.4 Å². The fraction of sp³-hybridized carbons (Fsp3) is 0.227. The molecule has 1 saturated heterocycles. The van der Waals surface area contributed by atoms with Gasteiger partial charge < -0.3 is 20.7 Å². The van der Waals surface area contributed by atoms with Crippen LogP contribution >= 0.6 is 0 Å². The Morgan fingerprint density at radius 2 is 1.97 bits per heavy atom. The molecule has 4 aromatic rings. The van der Waals surface area contributed by atoms with Gasteiger partial charge in [0.2, 0.25) is 17.8 Å². The van der Waals surface area contributed by atoms with Gasteiger partial charge in [-0.25, -0.2) is 0 Å². The number of anilines is 3. The van der Waals surface area contributed by atoms with E-state index in [0.29, 0.717) is 44.0 Å². The quantitative estimate of drug-likeness (QED) is 0.423. The number of primary amides is 1. The van der Waals surface area contributed by atoms with Crippen molar-refractivity contribution in [1.29, 1.82) is 0 Å². The number of ether oxygens (including phenoxy) is 1. The fourth-order valence-electron chi connectivity index (χ4n) is 3.70. The molecule has 0 bridgehead atoms. The number of carbonyl (C=O) groups excluding carboxylic acids is 1. The highest BCUT2D eigenvalue weighted by Crippen LogP contribution is 2.28. The Kier molecular flexibility index (Phi) is 5.34. The summed E-state index contributed by atoms with van der Waals surface area (Å²) < 4.78 is 5.48. The summed E-state index contributed by atoms with van der Waals surface area (Å²) in [6.07, 6.45) is 1.93. The molecule has 0 radical (unpaired) electrons. The van der Waals surface area contributed by atoms with Crippen molar-refractivity contribution in [1.82, 2.24) is 25.1 Å². The molecule has 0 saturated carbocycles. The van der Waals surface area contributed by atoms with Gasteiger partial charge in [-0.2, -0.15) is 20.1 Å². The number of nitrogens with one attached hydrogen (secondary N) is 2. The molecule has 10 nitrogen and oxygen atoms in total. The SMILES string of the molecule is NC(=O)Cc1cccc(Nc2nc(-c3cccc4[nH]ncc34)nc(N3CCOCC3)n2)c1. The summed E-state index contributed by atoms with van der Waals surface area (Å²) in [4.78, 5) is 27.5. The number of aromatic amines is 1. The Morgan fingerprint density at radius 3 is 2.81 bits per heavy atom. The van der Waals surface area contributed by atoms with Gasteiger partial charge in [0.1, 0.15) is 0 Å². The number of morpholine rings is 1. The van der Waals surface area contributed by atoms with E-state index >= 15 is 0 Å². The lowest BCUT2D eigenvalue weighted by Gasteiger charge is -2.27. The van der Waals surface area contributed by atoms with Crippen molar-refractivity contribution < 1.29 is 9.53 Å². The molecule has 4 N–H and O–H groups in total. The van der Waals surface area contributed by atoms with Crippen LogP contribution in [0.2, 0.25) is 0 Å². The minimum absolute atomic E-state index is 0.166. The van der Waals surface area contributed by atoms with E-state index in [4.69, 9.17) is 15.5 Å². The van der Waals surface area contributed by atoms with Crippen molar-refractivity contribution in [2.75, 3.05) is 36.5 Å². The standard InChI is InChI=1S/C22H22N8O2/c23-19(31)12-14-3-1-4-15(11-14)25-21-26-20(16-5-2-6-18-17(16)13-24-29-18)27-22(28-21)30-7-9-32-10-8-30/h1-6,11,13H,7-10,12H2,(H2,23,31)(H,24,29)(H,25,26,27,28). The van der Waals surface area contributed by atoms with Crippen molar-refractivity contribution in [2.45, 2.75) is 6.42 Å². The lowest BCUT2D eigenvalue weighted by atomic mass is 10.1. The second kappa shape index (κ2) is 8.60. The molecule has 3 heterocycles. The van der Waals surface area contributed by atoms with E-state index < -0.39 is 0 Å². The molecule has 0 aliphatic carbocycles. The van der Waals surface area contributed by atoms with Crippen LogP contribution in [-0.2, 0) is 16.0 Å². The predicted molar refractivity (Wildman–Crippen MR) is 121 cm³/mol. The normalized spacial score (nSPS) is 13.9. The van der Waals surface area contributed by atoms with E-state index in [0.717, 1.165) is 27.7 Å². The second-order valence-electron chi connectivity index (χ2n) is 7.49. The maximum Gasteiger partial charge on any atom is 0.232 e. The third kappa shape index (κ3) is 4.21. The number of hydrogen-bond donors (Lipinski definition) is 3. The summed E-state index contributed by atoms with van der Waals surface area (Å²) in [5, 5.41) is 11.3. The molecule has 2 aromatic carbocycles. The highest BCUT2D eigenvalue weighted by Gasteiger charge is 2.18. The summed E-state index contributed by atoms with van der Waals surface area (Å²) in [6, 6.07) is 13.3. The second-order valence-corrected chi connectivity index (χ2v) is 7.49. The summed E-state index contributed by atoms with van der Waals surface area (Å²) in [5.74, 6) is 1.15. The molecule has 1 aliphatic rings. The maximum atomic E-state index is 11.3. The first-order chi connectivity index (χ1) is 15.7. The Bertz CT molecular complexity index is 1270. The molecule has 32 heavy (non-hydrogen) atoms. The highest BCUT2D eigenvalue weighted by atomic mass is 16.5. The summed E-state index contributed by atoms with van der Waals surface area (Å²) in [7, 11) is 0. The van der Waals surface area contributed by atoms with Crippen LogP contribution in [0.15, 0.2) is 48.7 Å². The van der Waals surface area contributed by atoms with Crippen LogP contribution < -0.4 is 16.0 Å². The van der Waals surface area contributed by atoms with E-state index in [1.54, 1.807) is 6.20 Å². The zero-order valence-corrected chi connectivity index (χ0v) is 17.3. The largest absolute Gasteiger partial charge is 0.378 e. The zero-order chi connectivity index (χ0) is 21.9. The number of fused-ring (bicyclic) bond motifs is 1. The number of aromatic nitrogens is 5. The highest BCUT2D eigenvalue weighted by molar-refractivity contribution is 5.92. The molecule has 2 aromatic heterocycles. The van der Waals surface area contributed by atoms with Crippen molar-refractivity contribution in [2.24, 2.45) is 5.73 Å². The molecule has 1 aliphatic heterocycles. The van der Waals surface area contributed by atoms with Crippen LogP contribution in [0.3, 0.4) is 0 Å². The lowest BCUT2D eigenvalue weighted by Crippen LogP contribution is -2.37. The minimum atomic E-state index is -0.382. The summed E-state index contributed by atoms with van der Waals surface area (Å²) in [5.41, 5.74) is 8.67. The van der Waals surface area contributed by atoms with E-state index in [1.807, 2.05) is 42.5 Å². The summed E-state index contributed by atoms with van der Waals surface area (Å²) in [6.45, 7) is 2.65. The molecular weight excluding hydrogens is 408 g/mol. The van der Waals surface area contributed by atoms with Gasteiger partial charge in [-0.15, -0.1) is 0 Å². The smallest absolute Gasteiger partial charge is 0.232 e. The third-order valence-corrected chi connectivity index (χ3v) is 5.20. The number of H-pyrrole nitrogens is 1. The average molecular weight is 430 g/mol. The molecule has 1 amide bonds. The van der Waals surface area contributed by atoms with Crippen LogP contribution in [0.5, 0.6) is 0 Å². The molecule has 0 unspecified atom stereocenters. The maximum absolute atomic E-state index is 11.3. The number of benzene rings is 2. The Morgan fingerprint density at radius 1 is 1.12 bits per heavy atom. The molecule has 162 valence electrons. The fourth-order valence-corrected chi connectivity index (χ4v) is 3.70. The molecule has 5 rings (SSSR count). The molecule has 0 spiro atoms. The van der Waals surface area contributed by atoms with E-state index in [1.165, 1.54) is 0 Å². The van der Waals surface area contributed by atoms with Crippen LogP contribution in [0, 0.1) is 0 Å². The van der Waals surface area contributed by atoms with Gasteiger partial charge >= 0.3 is 0 Å². The van der Waals surface area contributed by atoms with Gasteiger partial charge in [-0.05, 0) is 23.8 Å². The van der Waals surface area contributed by atoms with Gasteiger partial charge in [-0.3, -0.25) is 9.89 Å². The first-order valence-corrected chi connectivity index (χ1v) is 10.3. The zero-order valence-electron chi connectivity index (χ0n) is 17.3. The van der Waals surface area contributed by atoms with Crippen LogP contribution in [0.1, 0.15) is 5.56 Å². The number of hydrogen-bond acceptors (Lipinski definition) is 8. The van der Waals surface area contributed by atoms with E-state index in [2.05, 4.69) is 30.4 Å². The predicted octanol–water partition coefficient (Wildman–Crippen LogP) is 2.02. The number of nitrogens with zero attached hydrogens (tertiary/aromatic N) is 5. The monoisotopic (exact) mass is 430 g/mol. The average Bonchev–Trinajstić information content (AvgIpc) is 3.28. The molecule has 1 fully saturated rings. The van der Waals surface area contributed by atoms with Gasteiger partial charge in [0.05, 0.1) is 31.3 Å². The topological polar surface area (TPSA) is 135 Å². The number of rotatable bonds is 6. The van der Waals surface area contributed by atoms with Gasteiger partial charge in [-0.1, -0.05) is 24.3 Å². The van der Waals surface area contributed by atoms with Crippen molar-refractivity contribution in [3.8, 4) is 11.4 Å². The molecular formula is C22H22N8O2. The van der Waals surface area contributed by atoms with Gasteiger partial charge in [0, 0.05) is 29.7 Å².